The second kappa shape index (κ2) is 12.2. The van der Waals surface area contributed by atoms with Crippen LogP contribution in [0.15, 0.2) is 0 Å². The quantitative estimate of drug-likeness (QED) is 0.453. The van der Waals surface area contributed by atoms with Gasteiger partial charge in [0.15, 0.2) is 0 Å². The molecule has 104 valence electrons. The zero-order valence-corrected chi connectivity index (χ0v) is 10.6. The Morgan fingerprint density at radius 1 is 0.941 bits per heavy atom. The first-order chi connectivity index (χ1) is 8.22. The highest BCUT2D eigenvalue weighted by Gasteiger charge is 2.12. The molecule has 6 nitrogen and oxygen atoms in total. The Morgan fingerprint density at radius 3 is 2.00 bits per heavy atom. The third-order valence-electron chi connectivity index (χ3n) is 2.18. The van der Waals surface area contributed by atoms with E-state index in [9.17, 15) is 5.11 Å². The number of aliphatic hydroxyl groups excluding tert-OH is 2. The van der Waals surface area contributed by atoms with Crippen LogP contribution in [0.3, 0.4) is 0 Å². The number of hydrogen-bond donors (Lipinski definition) is 2. The molecular weight excluding hydrogens is 228 g/mol. The van der Waals surface area contributed by atoms with Crippen molar-refractivity contribution >= 4 is 0 Å². The molecule has 2 N–H and O–H groups in total. The van der Waals surface area contributed by atoms with E-state index in [4.69, 9.17) is 24.1 Å². The van der Waals surface area contributed by atoms with Crippen molar-refractivity contribution in [1.29, 1.82) is 0 Å². The third-order valence-corrected chi connectivity index (χ3v) is 2.18. The van der Waals surface area contributed by atoms with Gasteiger partial charge < -0.3 is 29.2 Å². The average molecular weight is 252 g/mol. The van der Waals surface area contributed by atoms with Crippen LogP contribution in [0.5, 0.6) is 0 Å². The minimum absolute atomic E-state index is 0.0265. The Balaban J connectivity index is 3.13. The summed E-state index contributed by atoms with van der Waals surface area (Å²) in [4.78, 5) is 0. The van der Waals surface area contributed by atoms with E-state index in [0.29, 0.717) is 33.0 Å². The number of methoxy groups -OCH3 is 1. The van der Waals surface area contributed by atoms with Crippen molar-refractivity contribution in [1.82, 2.24) is 0 Å². The van der Waals surface area contributed by atoms with Crippen molar-refractivity contribution < 1.29 is 29.2 Å². The average Bonchev–Trinajstić information content (AvgIpc) is 2.35. The SMILES string of the molecule is COC(C)C(O)COCCOCCOCCO. The van der Waals surface area contributed by atoms with Gasteiger partial charge in [0.25, 0.3) is 0 Å². The standard InChI is InChI=1S/C11H24O6/c1-10(14-2)11(13)9-17-8-7-16-6-5-15-4-3-12/h10-13H,3-9H2,1-2H3. The molecule has 0 aliphatic heterocycles. The van der Waals surface area contributed by atoms with Crippen LogP contribution in [-0.2, 0) is 18.9 Å². The summed E-state index contributed by atoms with van der Waals surface area (Å²) in [5.41, 5.74) is 0. The van der Waals surface area contributed by atoms with Crippen LogP contribution in [0.1, 0.15) is 6.92 Å². The van der Waals surface area contributed by atoms with Crippen LogP contribution in [-0.4, -0.2) is 75.8 Å². The van der Waals surface area contributed by atoms with Crippen LogP contribution < -0.4 is 0 Å². The maximum atomic E-state index is 9.48. The summed E-state index contributed by atoms with van der Waals surface area (Å²) >= 11 is 0. The predicted octanol–water partition coefficient (Wildman–Crippen LogP) is -0.576. The fourth-order valence-corrected chi connectivity index (χ4v) is 1.00. The third kappa shape index (κ3) is 10.6. The second-order valence-electron chi connectivity index (χ2n) is 3.53. The summed E-state index contributed by atoms with van der Waals surface area (Å²) in [6.45, 7) is 4.19. The first-order valence-electron chi connectivity index (χ1n) is 5.77. The van der Waals surface area contributed by atoms with Gasteiger partial charge in [0.2, 0.25) is 0 Å². The molecule has 0 bridgehead atoms. The number of rotatable bonds is 12. The topological polar surface area (TPSA) is 77.4 Å². The summed E-state index contributed by atoms with van der Waals surface area (Å²) in [5.74, 6) is 0. The Bertz CT molecular complexity index is 155. The Morgan fingerprint density at radius 2 is 1.47 bits per heavy atom. The largest absolute Gasteiger partial charge is 0.394 e. The highest BCUT2D eigenvalue weighted by Crippen LogP contribution is 1.97. The van der Waals surface area contributed by atoms with Crippen LogP contribution >= 0.6 is 0 Å². The van der Waals surface area contributed by atoms with Gasteiger partial charge in [-0.15, -0.1) is 0 Å². The van der Waals surface area contributed by atoms with E-state index < -0.39 is 6.10 Å². The molecule has 2 unspecified atom stereocenters. The lowest BCUT2D eigenvalue weighted by molar-refractivity contribution is -0.0588. The van der Waals surface area contributed by atoms with Gasteiger partial charge in [-0.3, -0.25) is 0 Å². The van der Waals surface area contributed by atoms with Crippen molar-refractivity contribution in [3.05, 3.63) is 0 Å². The van der Waals surface area contributed by atoms with E-state index in [0.717, 1.165) is 0 Å². The van der Waals surface area contributed by atoms with E-state index in [1.54, 1.807) is 14.0 Å². The molecule has 0 aromatic rings. The first-order valence-corrected chi connectivity index (χ1v) is 5.77. The minimum atomic E-state index is -0.618. The molecular formula is C11H24O6. The van der Waals surface area contributed by atoms with Gasteiger partial charge in [-0.1, -0.05) is 0 Å². The van der Waals surface area contributed by atoms with Gasteiger partial charge in [0.1, 0.15) is 6.10 Å². The molecule has 0 aromatic carbocycles. The van der Waals surface area contributed by atoms with Crippen molar-refractivity contribution in [3.8, 4) is 0 Å². The highest BCUT2D eigenvalue weighted by atomic mass is 16.5. The van der Waals surface area contributed by atoms with Gasteiger partial charge in [-0.05, 0) is 6.92 Å². The molecule has 0 aromatic heterocycles. The van der Waals surface area contributed by atoms with Gasteiger partial charge in [-0.25, -0.2) is 0 Å². The normalized spacial score (nSPS) is 14.8. The van der Waals surface area contributed by atoms with E-state index in [-0.39, 0.29) is 19.3 Å². The summed E-state index contributed by atoms with van der Waals surface area (Å²) in [6.07, 6.45) is -0.851. The summed E-state index contributed by atoms with van der Waals surface area (Å²) < 4.78 is 20.4. The van der Waals surface area contributed by atoms with Crippen molar-refractivity contribution in [2.75, 3.05) is 53.4 Å². The lowest BCUT2D eigenvalue weighted by atomic mass is 10.2. The molecule has 0 rings (SSSR count). The maximum Gasteiger partial charge on any atom is 0.103 e. The van der Waals surface area contributed by atoms with Crippen molar-refractivity contribution in [3.63, 3.8) is 0 Å². The van der Waals surface area contributed by atoms with Gasteiger partial charge in [-0.2, -0.15) is 0 Å². The Hall–Kier alpha value is -0.240. The zero-order chi connectivity index (χ0) is 12.9. The van der Waals surface area contributed by atoms with E-state index in [1.807, 2.05) is 0 Å². The predicted molar refractivity (Wildman–Crippen MR) is 62.0 cm³/mol. The molecule has 0 saturated heterocycles. The molecule has 6 heteroatoms. The van der Waals surface area contributed by atoms with Crippen molar-refractivity contribution in [2.45, 2.75) is 19.1 Å². The second-order valence-corrected chi connectivity index (χ2v) is 3.53. The van der Waals surface area contributed by atoms with Gasteiger partial charge in [0, 0.05) is 7.11 Å². The molecule has 0 aliphatic carbocycles. The fourth-order valence-electron chi connectivity index (χ4n) is 1.00. The maximum absolute atomic E-state index is 9.48. The Labute approximate surface area is 102 Å². The molecule has 0 radical (unpaired) electrons. The molecule has 0 aliphatic rings. The molecule has 0 fully saturated rings. The van der Waals surface area contributed by atoms with Crippen molar-refractivity contribution in [2.24, 2.45) is 0 Å². The number of hydrogen-bond acceptors (Lipinski definition) is 6. The number of ether oxygens (including phenoxy) is 4. The monoisotopic (exact) mass is 252 g/mol. The zero-order valence-electron chi connectivity index (χ0n) is 10.6. The van der Waals surface area contributed by atoms with Gasteiger partial charge in [0.05, 0.1) is 52.4 Å². The summed E-state index contributed by atoms with van der Waals surface area (Å²) in [7, 11) is 1.55. The Kier molecular flexibility index (Phi) is 12.1. The fraction of sp³-hybridized carbons (Fsp3) is 1.00. The van der Waals surface area contributed by atoms with Gasteiger partial charge >= 0.3 is 0 Å². The molecule has 0 saturated carbocycles. The van der Waals surface area contributed by atoms with Crippen LogP contribution in [0.2, 0.25) is 0 Å². The lowest BCUT2D eigenvalue weighted by Gasteiger charge is -2.17. The van der Waals surface area contributed by atoms with Crippen LogP contribution in [0.4, 0.5) is 0 Å². The molecule has 2 atom stereocenters. The number of aliphatic hydroxyl groups is 2. The van der Waals surface area contributed by atoms with Crippen LogP contribution in [0, 0.1) is 0 Å². The lowest BCUT2D eigenvalue weighted by Crippen LogP contribution is -2.30. The van der Waals surface area contributed by atoms with E-state index in [1.165, 1.54) is 0 Å². The van der Waals surface area contributed by atoms with E-state index >= 15 is 0 Å². The molecule has 0 amide bonds. The molecule has 0 spiro atoms. The summed E-state index contributed by atoms with van der Waals surface area (Å²) in [6, 6.07) is 0. The smallest absolute Gasteiger partial charge is 0.103 e. The summed E-state index contributed by atoms with van der Waals surface area (Å²) in [5, 5.41) is 17.9. The molecule has 0 heterocycles. The van der Waals surface area contributed by atoms with E-state index in [2.05, 4.69) is 0 Å². The highest BCUT2D eigenvalue weighted by molar-refractivity contribution is 4.61. The molecule has 17 heavy (non-hydrogen) atoms. The minimum Gasteiger partial charge on any atom is -0.394 e. The first kappa shape index (κ1) is 16.8. The van der Waals surface area contributed by atoms with Crippen LogP contribution in [0.25, 0.3) is 0 Å².